The van der Waals surface area contributed by atoms with E-state index in [4.69, 9.17) is 5.32 Å². The van der Waals surface area contributed by atoms with Crippen LogP contribution in [0.25, 0.3) is 5.32 Å². The predicted octanol–water partition coefficient (Wildman–Crippen LogP) is 5.25. The molecule has 1 heterocycles. The van der Waals surface area contributed by atoms with E-state index in [1.54, 1.807) is 18.8 Å². The molecule has 0 spiro atoms. The molecule has 0 amide bonds. The number of likely N-dealkylation sites (N-methyl/N-ethyl adjacent to an activating group) is 1. The molecule has 6 heteroatoms. The normalized spacial score (nSPS) is 14.6. The van der Waals surface area contributed by atoms with Gasteiger partial charge in [0.15, 0.2) is 0 Å². The molecule has 0 radical (unpaired) electrons. The van der Waals surface area contributed by atoms with Gasteiger partial charge < -0.3 is 10.2 Å². The van der Waals surface area contributed by atoms with Gasteiger partial charge in [-0.05, 0) is 23.4 Å². The summed E-state index contributed by atoms with van der Waals surface area (Å²) in [5.74, 6) is 2.43. The van der Waals surface area contributed by atoms with Crippen LogP contribution in [-0.4, -0.2) is 34.8 Å². The second-order valence-electron chi connectivity index (χ2n) is 8.93. The average molecular weight is 636 g/mol. The van der Waals surface area contributed by atoms with Gasteiger partial charge in [-0.3, -0.25) is 0 Å². The molecule has 0 saturated heterocycles. The van der Waals surface area contributed by atoms with Crippen molar-refractivity contribution >= 4 is 17.3 Å². The summed E-state index contributed by atoms with van der Waals surface area (Å²) in [5.41, 5.74) is 2.32. The third kappa shape index (κ3) is 14.9. The second kappa shape index (κ2) is 17.7. The molecule has 1 aromatic rings. The van der Waals surface area contributed by atoms with Crippen molar-refractivity contribution in [3.8, 4) is 0 Å². The first kappa shape index (κ1) is 33.4. The monoisotopic (exact) mass is 635 g/mol. The zero-order valence-corrected chi connectivity index (χ0v) is 24.8. The molecule has 0 aliphatic carbocycles. The smallest absolute Gasteiger partial charge is 0.184 e. The fourth-order valence-corrected chi connectivity index (χ4v) is 6.40. The van der Waals surface area contributed by atoms with Crippen molar-refractivity contribution in [3.05, 3.63) is 77.2 Å². The maximum absolute atomic E-state index is 4.89. The summed E-state index contributed by atoms with van der Waals surface area (Å²) >= 11 is 1.61. The fourth-order valence-electron chi connectivity index (χ4n) is 3.20. The first-order valence-corrected chi connectivity index (χ1v) is 14.7. The van der Waals surface area contributed by atoms with Crippen LogP contribution >= 0.6 is 17.3 Å². The molecule has 0 saturated carbocycles. The average Bonchev–Trinajstić information content (AvgIpc) is 2.72. The van der Waals surface area contributed by atoms with E-state index in [0.29, 0.717) is 10.3 Å². The summed E-state index contributed by atoms with van der Waals surface area (Å²) in [6.07, 6.45) is 6.45. The summed E-state index contributed by atoms with van der Waals surface area (Å²) in [7, 11) is 4.35. The van der Waals surface area contributed by atoms with E-state index in [9.17, 15) is 0 Å². The van der Waals surface area contributed by atoms with Crippen LogP contribution in [0.2, 0.25) is 0 Å². The van der Waals surface area contributed by atoms with Gasteiger partial charge in [0.2, 0.25) is 0 Å². The van der Waals surface area contributed by atoms with Crippen LogP contribution in [0.4, 0.5) is 0 Å². The molecule has 2 nitrogen and oxygen atoms in total. The molecule has 1 aliphatic heterocycles. The summed E-state index contributed by atoms with van der Waals surface area (Å²) in [4.78, 5) is 2.41. The number of halogens is 1. The Morgan fingerprint density at radius 3 is 1.87 bits per heavy atom. The fraction of sp³-hybridized carbons (Fsp3) is 0.520. The molecule has 0 bridgehead atoms. The van der Waals surface area contributed by atoms with Gasteiger partial charge in [0.25, 0.3) is 0 Å². The van der Waals surface area contributed by atoms with E-state index in [1.807, 2.05) is 30.3 Å². The summed E-state index contributed by atoms with van der Waals surface area (Å²) in [6, 6.07) is 12.5. The minimum absolute atomic E-state index is 0. The number of hydrogen-bond acceptors (Lipinski definition) is 1. The molecule has 31 heavy (non-hydrogen) atoms. The number of allylic oxidation sites excluding steroid dienone is 3. The Balaban J connectivity index is 0. The van der Waals surface area contributed by atoms with E-state index in [-0.39, 0.29) is 26.8 Å². The third-order valence-corrected chi connectivity index (χ3v) is 7.84. The number of benzene rings is 1. The predicted molar refractivity (Wildman–Crippen MR) is 134 cm³/mol. The van der Waals surface area contributed by atoms with Gasteiger partial charge in [-0.1, -0.05) is 87.4 Å². The van der Waals surface area contributed by atoms with Crippen molar-refractivity contribution in [3.63, 3.8) is 0 Å². The van der Waals surface area contributed by atoms with Gasteiger partial charge in [-0.15, -0.1) is 11.4 Å². The van der Waals surface area contributed by atoms with Gasteiger partial charge >= 0.3 is 47.1 Å². The van der Waals surface area contributed by atoms with Gasteiger partial charge in [0.05, 0.1) is 0 Å². The van der Waals surface area contributed by atoms with Crippen LogP contribution in [-0.2, 0) is 18.8 Å². The Kier molecular flexibility index (Phi) is 19.0. The SMILES string of the molecule is CCN(CC)CC1=CC=C/C(=C/P(C(C)(C)C)C(C)(C)C)[N-]1.[Cl][Pt+].[Li+].[c-]1ccccc1. The van der Waals surface area contributed by atoms with Crippen LogP contribution in [0.5, 0.6) is 0 Å². The summed E-state index contributed by atoms with van der Waals surface area (Å²) in [5, 5.41) is 5.49. The van der Waals surface area contributed by atoms with Crippen molar-refractivity contribution in [2.75, 3.05) is 19.6 Å². The van der Waals surface area contributed by atoms with Crippen molar-refractivity contribution in [2.24, 2.45) is 0 Å². The quantitative estimate of drug-likeness (QED) is 0.246. The topological polar surface area (TPSA) is 17.3 Å². The van der Waals surface area contributed by atoms with E-state index in [2.05, 4.69) is 99.8 Å². The van der Waals surface area contributed by atoms with Crippen molar-refractivity contribution in [1.82, 2.24) is 4.90 Å². The van der Waals surface area contributed by atoms with E-state index >= 15 is 0 Å². The molecule has 172 valence electrons. The van der Waals surface area contributed by atoms with Crippen LogP contribution in [0, 0.1) is 6.07 Å². The Hall–Kier alpha value is 0.206. The van der Waals surface area contributed by atoms with Crippen LogP contribution < -0.4 is 18.9 Å². The largest absolute Gasteiger partial charge is 1.00 e. The Labute approximate surface area is 221 Å². The molecular formula is C25H39ClLiN2PPt. The van der Waals surface area contributed by atoms with Crippen LogP contribution in [0.3, 0.4) is 0 Å². The van der Waals surface area contributed by atoms with E-state index in [0.717, 1.165) is 25.3 Å². The second-order valence-corrected chi connectivity index (χ2v) is 12.6. The van der Waals surface area contributed by atoms with Crippen LogP contribution in [0.1, 0.15) is 55.4 Å². The standard InChI is InChI=1S/C19H34N2P.C6H5.ClH.Li.Pt/c1-9-21(10-2)14-16-12-11-13-17(20-16)15-22(18(3,4)5)19(6,7)8;1-2-4-6-5-3-1;;;/h11-13,15H,9-10,14H2,1-8H3;1-5H;1H;;/q2*-1;;+1;+2/p-1/b17-15-;;;;. The van der Waals surface area contributed by atoms with Crippen molar-refractivity contribution < 1.29 is 37.6 Å². The molecular weight excluding hydrogens is 597 g/mol. The maximum atomic E-state index is 4.89. The first-order chi connectivity index (χ1) is 14.1. The summed E-state index contributed by atoms with van der Waals surface area (Å²) in [6.45, 7) is 21.6. The molecule has 0 unspecified atom stereocenters. The van der Waals surface area contributed by atoms with Gasteiger partial charge in [0, 0.05) is 6.54 Å². The molecule has 1 aromatic carbocycles. The Bertz CT molecular complexity index is 620. The zero-order valence-electron chi connectivity index (χ0n) is 20.9. The van der Waals surface area contributed by atoms with Crippen molar-refractivity contribution in [1.29, 1.82) is 0 Å². The first-order valence-electron chi connectivity index (χ1n) is 10.4. The number of rotatable bonds is 5. The van der Waals surface area contributed by atoms with Gasteiger partial charge in [0.1, 0.15) is 0 Å². The van der Waals surface area contributed by atoms with Gasteiger partial charge in [-0.25, -0.2) is 0 Å². The van der Waals surface area contributed by atoms with E-state index < -0.39 is 0 Å². The van der Waals surface area contributed by atoms with Crippen molar-refractivity contribution in [2.45, 2.75) is 65.7 Å². The van der Waals surface area contributed by atoms with Gasteiger partial charge in [-0.2, -0.15) is 36.4 Å². The van der Waals surface area contributed by atoms with Crippen LogP contribution in [0.15, 0.2) is 65.8 Å². The number of nitrogens with zero attached hydrogens (tertiary/aromatic N) is 2. The molecule has 2 rings (SSSR count). The summed E-state index contributed by atoms with van der Waals surface area (Å²) < 4.78 is 0. The molecule has 0 aromatic heterocycles. The molecule has 1 aliphatic rings. The minimum Gasteiger partial charge on any atom is -0.184 e. The number of hydrogen-bond donors (Lipinski definition) is 0. The Morgan fingerprint density at radius 1 is 1.00 bits per heavy atom. The maximum Gasteiger partial charge on any atom is 1.00 e. The third-order valence-electron chi connectivity index (χ3n) is 4.42. The molecule has 0 N–H and O–H groups in total. The zero-order chi connectivity index (χ0) is 23.2. The molecule has 0 fully saturated rings. The Morgan fingerprint density at radius 2 is 1.52 bits per heavy atom. The van der Waals surface area contributed by atoms with E-state index in [1.165, 1.54) is 5.70 Å². The molecule has 0 atom stereocenters. The minimum atomic E-state index is -0.260.